The standard InChI is InChI=1S/C23H29NO6/c1-5-8-18(24-22(27)30-23(2,3)4)21(26)28-14-11-12-16-15-9-6-7-10-17(15)20(25)29-19(16)13-14/h11-13,18H,5-10H2,1-4H3,(H,24,27)/t18-/m0/s1. The van der Waals surface area contributed by atoms with Crippen molar-refractivity contribution >= 4 is 23.0 Å². The van der Waals surface area contributed by atoms with Crippen LogP contribution in [0.3, 0.4) is 0 Å². The maximum Gasteiger partial charge on any atom is 0.408 e. The summed E-state index contributed by atoms with van der Waals surface area (Å²) in [7, 11) is 0. The van der Waals surface area contributed by atoms with Crippen LogP contribution in [-0.4, -0.2) is 23.7 Å². The average molecular weight is 415 g/mol. The first kappa shape index (κ1) is 21.9. The molecule has 1 amide bonds. The second kappa shape index (κ2) is 8.90. The Hall–Kier alpha value is -2.83. The molecule has 1 aliphatic carbocycles. The van der Waals surface area contributed by atoms with E-state index >= 15 is 0 Å². The molecule has 0 fully saturated rings. The molecule has 1 atom stereocenters. The van der Waals surface area contributed by atoms with Crippen molar-refractivity contribution in [2.24, 2.45) is 0 Å². The normalized spacial score (nSPS) is 14.7. The van der Waals surface area contributed by atoms with E-state index in [1.165, 1.54) is 0 Å². The van der Waals surface area contributed by atoms with Crippen molar-refractivity contribution in [1.29, 1.82) is 0 Å². The largest absolute Gasteiger partial charge is 0.444 e. The smallest absolute Gasteiger partial charge is 0.408 e. The lowest BCUT2D eigenvalue weighted by Crippen LogP contribution is -2.45. The lowest BCUT2D eigenvalue weighted by atomic mass is 9.91. The van der Waals surface area contributed by atoms with Gasteiger partial charge < -0.3 is 19.2 Å². The van der Waals surface area contributed by atoms with E-state index < -0.39 is 23.7 Å². The van der Waals surface area contributed by atoms with Gasteiger partial charge in [-0.2, -0.15) is 0 Å². The number of aryl methyl sites for hydroxylation is 1. The lowest BCUT2D eigenvalue weighted by molar-refractivity contribution is -0.137. The highest BCUT2D eigenvalue weighted by Crippen LogP contribution is 2.29. The number of ether oxygens (including phenoxy) is 2. The molecule has 0 unspecified atom stereocenters. The number of rotatable bonds is 5. The average Bonchev–Trinajstić information content (AvgIpc) is 2.66. The van der Waals surface area contributed by atoms with Gasteiger partial charge >= 0.3 is 17.7 Å². The highest BCUT2D eigenvalue weighted by Gasteiger charge is 2.26. The number of hydrogen-bond acceptors (Lipinski definition) is 6. The first-order valence-electron chi connectivity index (χ1n) is 10.5. The monoisotopic (exact) mass is 415 g/mol. The predicted octanol–water partition coefficient (Wildman–Crippen LogP) is 4.27. The number of amides is 1. The van der Waals surface area contributed by atoms with Gasteiger partial charge in [0, 0.05) is 17.0 Å². The molecular weight excluding hydrogens is 386 g/mol. The quantitative estimate of drug-likeness (QED) is 0.445. The Balaban J connectivity index is 1.79. The Labute approximate surface area is 175 Å². The van der Waals surface area contributed by atoms with Crippen LogP contribution >= 0.6 is 0 Å². The molecule has 0 spiro atoms. The molecular formula is C23H29NO6. The summed E-state index contributed by atoms with van der Waals surface area (Å²) in [6.45, 7) is 7.16. The number of hydrogen-bond donors (Lipinski definition) is 1. The van der Waals surface area contributed by atoms with E-state index in [2.05, 4.69) is 5.32 Å². The Morgan fingerprint density at radius 3 is 2.53 bits per heavy atom. The van der Waals surface area contributed by atoms with Crippen molar-refractivity contribution in [2.45, 2.75) is 77.9 Å². The summed E-state index contributed by atoms with van der Waals surface area (Å²) in [4.78, 5) is 37.0. The van der Waals surface area contributed by atoms with Gasteiger partial charge in [0.15, 0.2) is 0 Å². The van der Waals surface area contributed by atoms with E-state index in [0.717, 1.165) is 42.2 Å². The number of nitrogens with one attached hydrogen (secondary N) is 1. The van der Waals surface area contributed by atoms with Gasteiger partial charge in [-0.05, 0) is 70.6 Å². The number of esters is 1. The fourth-order valence-electron chi connectivity index (χ4n) is 3.66. The lowest BCUT2D eigenvalue weighted by Gasteiger charge is -2.22. The minimum absolute atomic E-state index is 0.263. The van der Waals surface area contributed by atoms with Crippen LogP contribution in [0.5, 0.6) is 5.75 Å². The van der Waals surface area contributed by atoms with E-state index in [0.29, 0.717) is 18.4 Å². The van der Waals surface area contributed by atoms with Gasteiger partial charge in [0.1, 0.15) is 23.0 Å². The molecule has 7 heteroatoms. The molecule has 0 saturated carbocycles. The van der Waals surface area contributed by atoms with Gasteiger partial charge in [0.25, 0.3) is 0 Å². The number of fused-ring (bicyclic) bond motifs is 3. The van der Waals surface area contributed by atoms with Crippen LogP contribution in [0.25, 0.3) is 11.0 Å². The van der Waals surface area contributed by atoms with Crippen molar-refractivity contribution in [3.63, 3.8) is 0 Å². The second-order valence-electron chi connectivity index (χ2n) is 8.62. The van der Waals surface area contributed by atoms with Crippen molar-refractivity contribution in [1.82, 2.24) is 5.32 Å². The van der Waals surface area contributed by atoms with Crippen LogP contribution in [-0.2, 0) is 22.4 Å². The first-order valence-corrected chi connectivity index (χ1v) is 10.5. The van der Waals surface area contributed by atoms with E-state index in [4.69, 9.17) is 13.9 Å². The van der Waals surface area contributed by atoms with Gasteiger partial charge in [0.2, 0.25) is 0 Å². The summed E-state index contributed by atoms with van der Waals surface area (Å²) in [5, 5.41) is 3.45. The van der Waals surface area contributed by atoms with E-state index in [1.807, 2.05) is 13.0 Å². The highest BCUT2D eigenvalue weighted by molar-refractivity contribution is 5.86. The molecule has 0 radical (unpaired) electrons. The highest BCUT2D eigenvalue weighted by atomic mass is 16.6. The summed E-state index contributed by atoms with van der Waals surface area (Å²) in [5.41, 5.74) is 1.19. The summed E-state index contributed by atoms with van der Waals surface area (Å²) in [6.07, 6.45) is 4.02. The van der Waals surface area contributed by atoms with Crippen molar-refractivity contribution in [3.8, 4) is 5.75 Å². The molecule has 1 heterocycles. The fraction of sp³-hybridized carbons (Fsp3) is 0.522. The maximum absolute atomic E-state index is 12.7. The Kier molecular flexibility index (Phi) is 6.48. The molecule has 1 aromatic carbocycles. The first-order chi connectivity index (χ1) is 14.2. The van der Waals surface area contributed by atoms with Gasteiger partial charge in [-0.1, -0.05) is 13.3 Å². The number of benzene rings is 1. The summed E-state index contributed by atoms with van der Waals surface area (Å²) in [6, 6.07) is 4.23. The molecule has 30 heavy (non-hydrogen) atoms. The fourth-order valence-corrected chi connectivity index (χ4v) is 3.66. The van der Waals surface area contributed by atoms with Gasteiger partial charge in [-0.25, -0.2) is 14.4 Å². The molecule has 1 N–H and O–H groups in total. The molecule has 7 nitrogen and oxygen atoms in total. The summed E-state index contributed by atoms with van der Waals surface area (Å²) < 4.78 is 16.2. The molecule has 162 valence electrons. The van der Waals surface area contributed by atoms with Crippen molar-refractivity contribution < 1.29 is 23.5 Å². The van der Waals surface area contributed by atoms with Crippen molar-refractivity contribution in [2.75, 3.05) is 0 Å². The molecule has 0 bridgehead atoms. The zero-order valence-electron chi connectivity index (χ0n) is 18.0. The second-order valence-corrected chi connectivity index (χ2v) is 8.62. The predicted molar refractivity (Wildman–Crippen MR) is 113 cm³/mol. The van der Waals surface area contributed by atoms with Crippen LogP contribution in [0.15, 0.2) is 27.4 Å². The molecule has 1 aliphatic rings. The minimum atomic E-state index is -0.837. The topological polar surface area (TPSA) is 94.8 Å². The summed E-state index contributed by atoms with van der Waals surface area (Å²) in [5.74, 6) is -0.333. The number of carbonyl (C=O) groups excluding carboxylic acids is 2. The third-order valence-corrected chi connectivity index (χ3v) is 4.97. The zero-order chi connectivity index (χ0) is 21.9. The SMILES string of the molecule is CCC[C@H](NC(=O)OC(C)(C)C)C(=O)Oc1ccc2c3c(c(=O)oc2c1)CCCC3. The van der Waals surface area contributed by atoms with Crippen LogP contribution < -0.4 is 15.7 Å². The van der Waals surface area contributed by atoms with Crippen LogP contribution in [0.2, 0.25) is 0 Å². The third kappa shape index (κ3) is 5.20. The third-order valence-electron chi connectivity index (χ3n) is 4.97. The molecule has 0 saturated heterocycles. The van der Waals surface area contributed by atoms with Crippen LogP contribution in [0, 0.1) is 0 Å². The molecule has 1 aromatic heterocycles. The van der Waals surface area contributed by atoms with Crippen LogP contribution in [0.4, 0.5) is 4.79 Å². The molecule has 0 aliphatic heterocycles. The minimum Gasteiger partial charge on any atom is -0.444 e. The maximum atomic E-state index is 12.7. The number of carbonyl (C=O) groups is 2. The Bertz CT molecular complexity index is 1000. The van der Waals surface area contributed by atoms with Gasteiger partial charge in [0.05, 0.1) is 0 Å². The zero-order valence-corrected chi connectivity index (χ0v) is 18.0. The van der Waals surface area contributed by atoms with Gasteiger partial charge in [-0.15, -0.1) is 0 Å². The van der Waals surface area contributed by atoms with E-state index in [9.17, 15) is 14.4 Å². The van der Waals surface area contributed by atoms with E-state index in [-0.39, 0.29) is 11.4 Å². The molecule has 2 aromatic rings. The van der Waals surface area contributed by atoms with Crippen molar-refractivity contribution in [3.05, 3.63) is 39.7 Å². The molecule has 3 rings (SSSR count). The number of alkyl carbamates (subject to hydrolysis) is 1. The summed E-state index contributed by atoms with van der Waals surface area (Å²) >= 11 is 0. The van der Waals surface area contributed by atoms with Gasteiger partial charge in [-0.3, -0.25) is 0 Å². The van der Waals surface area contributed by atoms with E-state index in [1.54, 1.807) is 32.9 Å². The Morgan fingerprint density at radius 2 is 1.87 bits per heavy atom. The Morgan fingerprint density at radius 1 is 1.17 bits per heavy atom. The van der Waals surface area contributed by atoms with Crippen LogP contribution in [0.1, 0.15) is 64.5 Å².